The third-order valence-corrected chi connectivity index (χ3v) is 4.03. The molecule has 0 fully saturated rings. The van der Waals surface area contributed by atoms with Crippen LogP contribution in [0.4, 0.5) is 5.69 Å². The molecule has 0 atom stereocenters. The Hall–Kier alpha value is -2.06. The van der Waals surface area contributed by atoms with Gasteiger partial charge in [0.1, 0.15) is 5.56 Å². The molecule has 0 amide bonds. The topological polar surface area (TPSA) is 101 Å². The quantitative estimate of drug-likeness (QED) is 0.817. The van der Waals surface area contributed by atoms with Gasteiger partial charge in [0.25, 0.3) is 10.0 Å². The van der Waals surface area contributed by atoms with E-state index in [1.165, 1.54) is 12.1 Å². The number of ether oxygens (including phenoxy) is 1. The number of benzene rings is 1. The molecule has 9 heteroatoms. The number of nitrogens with one attached hydrogen (secondary N) is 2. The van der Waals surface area contributed by atoms with E-state index in [1.807, 2.05) is 0 Å². The minimum absolute atomic E-state index is 0.130. The smallest absolute Gasteiger partial charge is 0.342 e. The average molecular weight is 330 g/mol. The van der Waals surface area contributed by atoms with Gasteiger partial charge in [-0.2, -0.15) is 13.5 Å². The molecule has 0 bridgehead atoms. The van der Waals surface area contributed by atoms with Crippen LogP contribution >= 0.6 is 11.6 Å². The van der Waals surface area contributed by atoms with Crippen LogP contribution in [0.1, 0.15) is 17.3 Å². The fourth-order valence-electron chi connectivity index (χ4n) is 1.59. The van der Waals surface area contributed by atoms with Gasteiger partial charge in [0.2, 0.25) is 0 Å². The first-order valence-corrected chi connectivity index (χ1v) is 7.79. The molecule has 0 radical (unpaired) electrons. The van der Waals surface area contributed by atoms with Crippen LogP contribution in [0.3, 0.4) is 0 Å². The monoisotopic (exact) mass is 329 g/mol. The van der Waals surface area contributed by atoms with Crippen LogP contribution in [0, 0.1) is 0 Å². The summed E-state index contributed by atoms with van der Waals surface area (Å²) >= 11 is 5.79. The Morgan fingerprint density at radius 3 is 2.90 bits per heavy atom. The minimum Gasteiger partial charge on any atom is -0.462 e. The van der Waals surface area contributed by atoms with Crippen LogP contribution in [0.5, 0.6) is 0 Å². The van der Waals surface area contributed by atoms with Crippen molar-refractivity contribution in [2.45, 2.75) is 11.9 Å². The Morgan fingerprint density at radius 1 is 1.48 bits per heavy atom. The highest BCUT2D eigenvalue weighted by Crippen LogP contribution is 2.20. The summed E-state index contributed by atoms with van der Waals surface area (Å²) in [5.74, 6) is -0.766. The maximum absolute atomic E-state index is 12.3. The van der Waals surface area contributed by atoms with Crippen molar-refractivity contribution in [3.63, 3.8) is 0 Å². The maximum Gasteiger partial charge on any atom is 0.342 e. The normalized spacial score (nSPS) is 11.1. The van der Waals surface area contributed by atoms with Crippen molar-refractivity contribution >= 4 is 33.3 Å². The van der Waals surface area contributed by atoms with Crippen LogP contribution in [-0.2, 0) is 14.8 Å². The van der Waals surface area contributed by atoms with Gasteiger partial charge in [-0.15, -0.1) is 0 Å². The van der Waals surface area contributed by atoms with E-state index >= 15 is 0 Å². The average Bonchev–Trinajstić information content (AvgIpc) is 2.88. The van der Waals surface area contributed by atoms with Crippen molar-refractivity contribution in [2.75, 3.05) is 11.3 Å². The van der Waals surface area contributed by atoms with Gasteiger partial charge in [0, 0.05) is 5.02 Å². The molecule has 1 aromatic carbocycles. The van der Waals surface area contributed by atoms with E-state index < -0.39 is 16.0 Å². The summed E-state index contributed by atoms with van der Waals surface area (Å²) in [6.07, 6.45) is 1.10. The number of aromatic amines is 1. The van der Waals surface area contributed by atoms with Crippen LogP contribution < -0.4 is 4.72 Å². The van der Waals surface area contributed by atoms with Gasteiger partial charge in [-0.1, -0.05) is 17.7 Å². The Balaban J connectivity index is 2.32. The van der Waals surface area contributed by atoms with Gasteiger partial charge in [-0.3, -0.25) is 9.82 Å². The minimum atomic E-state index is -4.01. The van der Waals surface area contributed by atoms with Crippen LogP contribution in [0.2, 0.25) is 5.02 Å². The number of nitrogens with zero attached hydrogens (tertiary/aromatic N) is 1. The molecule has 7 nitrogen and oxygen atoms in total. The standard InChI is InChI=1S/C12H12ClN3O4S/c1-2-20-12(17)10-7-14-15-11(10)21(18,19)16-9-5-3-4-8(13)6-9/h3-7,16H,2H2,1H3,(H,14,15). The Morgan fingerprint density at radius 2 is 2.24 bits per heavy atom. The highest BCUT2D eigenvalue weighted by Gasteiger charge is 2.26. The second kappa shape index (κ2) is 6.15. The number of anilines is 1. The van der Waals surface area contributed by atoms with E-state index in [0.29, 0.717) is 5.02 Å². The van der Waals surface area contributed by atoms with Gasteiger partial charge in [0.15, 0.2) is 5.03 Å². The molecule has 112 valence electrons. The van der Waals surface area contributed by atoms with E-state index in [0.717, 1.165) is 6.20 Å². The molecule has 0 unspecified atom stereocenters. The molecule has 1 heterocycles. The van der Waals surface area contributed by atoms with Crippen molar-refractivity contribution in [2.24, 2.45) is 0 Å². The lowest BCUT2D eigenvalue weighted by molar-refractivity contribution is 0.0522. The maximum atomic E-state index is 12.3. The number of esters is 1. The van der Waals surface area contributed by atoms with E-state index in [1.54, 1.807) is 19.1 Å². The van der Waals surface area contributed by atoms with Crippen molar-refractivity contribution in [3.05, 3.63) is 41.0 Å². The number of aromatic nitrogens is 2. The predicted molar refractivity (Wildman–Crippen MR) is 76.8 cm³/mol. The lowest BCUT2D eigenvalue weighted by Crippen LogP contribution is -2.17. The molecule has 0 saturated heterocycles. The van der Waals surface area contributed by atoms with Gasteiger partial charge in [0.05, 0.1) is 18.5 Å². The highest BCUT2D eigenvalue weighted by molar-refractivity contribution is 7.92. The van der Waals surface area contributed by atoms with Gasteiger partial charge < -0.3 is 4.74 Å². The van der Waals surface area contributed by atoms with Crippen LogP contribution in [0.15, 0.2) is 35.5 Å². The molecule has 0 aliphatic rings. The summed E-state index contributed by atoms with van der Waals surface area (Å²) in [4.78, 5) is 11.7. The molecule has 2 N–H and O–H groups in total. The van der Waals surface area contributed by atoms with Crippen molar-refractivity contribution in [3.8, 4) is 0 Å². The molecule has 2 aromatic rings. The summed E-state index contributed by atoms with van der Waals surface area (Å²) in [5.41, 5.74) is 0.110. The molecule has 0 aliphatic heterocycles. The van der Waals surface area contributed by atoms with Crippen LogP contribution in [0.25, 0.3) is 0 Å². The molecule has 0 saturated carbocycles. The SMILES string of the molecule is CCOC(=O)c1cn[nH]c1S(=O)(=O)Nc1cccc(Cl)c1. The number of carbonyl (C=O) groups excluding carboxylic acids is 1. The third kappa shape index (κ3) is 3.53. The highest BCUT2D eigenvalue weighted by atomic mass is 35.5. The first-order valence-electron chi connectivity index (χ1n) is 5.93. The summed E-state index contributed by atoms with van der Waals surface area (Å²) in [7, 11) is -4.01. The zero-order chi connectivity index (χ0) is 15.5. The molecule has 0 spiro atoms. The van der Waals surface area contributed by atoms with Crippen molar-refractivity contribution in [1.82, 2.24) is 10.2 Å². The Labute approximate surface area is 126 Å². The second-order valence-corrected chi connectivity index (χ2v) is 6.00. The Kier molecular flexibility index (Phi) is 4.49. The number of hydrogen-bond acceptors (Lipinski definition) is 5. The van der Waals surface area contributed by atoms with Gasteiger partial charge in [-0.25, -0.2) is 4.79 Å². The predicted octanol–water partition coefficient (Wildman–Crippen LogP) is 2.04. The summed E-state index contributed by atoms with van der Waals surface area (Å²) in [6, 6.07) is 6.18. The lowest BCUT2D eigenvalue weighted by atomic mass is 10.3. The number of sulfonamides is 1. The van der Waals surface area contributed by atoms with E-state index in [2.05, 4.69) is 14.9 Å². The number of rotatable bonds is 5. The third-order valence-electron chi connectivity index (χ3n) is 2.45. The number of H-pyrrole nitrogens is 1. The van der Waals surface area contributed by atoms with Gasteiger partial charge >= 0.3 is 5.97 Å². The number of hydrogen-bond donors (Lipinski definition) is 2. The molecule has 0 aliphatic carbocycles. The zero-order valence-electron chi connectivity index (χ0n) is 11.0. The second-order valence-electron chi connectivity index (χ2n) is 3.95. The van der Waals surface area contributed by atoms with Crippen molar-refractivity contribution < 1.29 is 17.9 Å². The van der Waals surface area contributed by atoms with Crippen molar-refractivity contribution in [1.29, 1.82) is 0 Å². The fraction of sp³-hybridized carbons (Fsp3) is 0.167. The first kappa shape index (κ1) is 15.3. The number of carbonyl (C=O) groups is 1. The van der Waals surface area contributed by atoms with Gasteiger partial charge in [-0.05, 0) is 25.1 Å². The van der Waals surface area contributed by atoms with E-state index in [-0.39, 0.29) is 22.9 Å². The largest absolute Gasteiger partial charge is 0.462 e. The molecule has 2 rings (SSSR count). The fourth-order valence-corrected chi connectivity index (χ4v) is 2.92. The zero-order valence-corrected chi connectivity index (χ0v) is 12.5. The first-order chi connectivity index (χ1) is 9.94. The summed E-state index contributed by atoms with van der Waals surface area (Å²) in [6.45, 7) is 1.75. The molecule has 21 heavy (non-hydrogen) atoms. The Bertz CT molecular complexity index is 757. The van der Waals surface area contributed by atoms with E-state index in [4.69, 9.17) is 16.3 Å². The lowest BCUT2D eigenvalue weighted by Gasteiger charge is -2.08. The molecule has 1 aromatic heterocycles. The summed E-state index contributed by atoms with van der Waals surface area (Å²) < 4.78 is 31.6. The number of halogens is 1. The molecular weight excluding hydrogens is 318 g/mol. The van der Waals surface area contributed by atoms with Crippen LogP contribution in [-0.4, -0.2) is 31.2 Å². The van der Waals surface area contributed by atoms with E-state index in [9.17, 15) is 13.2 Å². The summed E-state index contributed by atoms with van der Waals surface area (Å²) in [5, 5.41) is 5.89. The molecular formula is C12H12ClN3O4S.